The van der Waals surface area contributed by atoms with Crippen molar-refractivity contribution in [1.82, 2.24) is 0 Å². The largest absolute Gasteiger partial charge is 0.478 e. The quantitative estimate of drug-likeness (QED) is 0.581. The van der Waals surface area contributed by atoms with Crippen molar-refractivity contribution in [3.8, 4) is 0 Å². The summed E-state index contributed by atoms with van der Waals surface area (Å²) in [6.07, 6.45) is 4.74. The van der Waals surface area contributed by atoms with Gasteiger partial charge in [0.25, 0.3) is 0 Å². The molecule has 1 aliphatic rings. The molecule has 1 unspecified atom stereocenters. The second kappa shape index (κ2) is 7.84. The van der Waals surface area contributed by atoms with Gasteiger partial charge in [0, 0.05) is 0 Å². The molecule has 0 spiro atoms. The summed E-state index contributed by atoms with van der Waals surface area (Å²) >= 11 is 0. The third-order valence-corrected chi connectivity index (χ3v) is 5.57. The fraction of sp³-hybridized carbons (Fsp3) is 0.333. The van der Waals surface area contributed by atoms with E-state index in [1.807, 2.05) is 30.4 Å². The molecule has 0 radical (unpaired) electrons. The predicted molar refractivity (Wildman–Crippen MR) is 112 cm³/mol. The average Bonchev–Trinajstić information content (AvgIpc) is 2.70. The summed E-state index contributed by atoms with van der Waals surface area (Å²) < 4.78 is 5.15. The molecule has 0 aromatic heterocycles. The Hall–Kier alpha value is -2.92. The second-order valence-electron chi connectivity index (χ2n) is 8.03. The van der Waals surface area contributed by atoms with Crippen molar-refractivity contribution in [3.63, 3.8) is 0 Å². The molecule has 0 fully saturated rings. The number of rotatable bonds is 5. The molecule has 0 saturated heterocycles. The van der Waals surface area contributed by atoms with Gasteiger partial charge in [0.05, 0.1) is 12.2 Å². The van der Waals surface area contributed by atoms with Crippen molar-refractivity contribution in [1.29, 1.82) is 0 Å². The number of ether oxygens (including phenoxy) is 1. The first-order valence-electron chi connectivity index (χ1n) is 9.73. The summed E-state index contributed by atoms with van der Waals surface area (Å²) in [5.74, 6) is -1.57. The van der Waals surface area contributed by atoms with Gasteiger partial charge in [-0.15, -0.1) is 0 Å². The lowest BCUT2D eigenvalue weighted by atomic mass is 9.66. The van der Waals surface area contributed by atoms with E-state index in [4.69, 9.17) is 9.84 Å². The van der Waals surface area contributed by atoms with Gasteiger partial charge in [-0.1, -0.05) is 50.3 Å². The van der Waals surface area contributed by atoms with Crippen LogP contribution >= 0.6 is 0 Å². The van der Waals surface area contributed by atoms with E-state index in [9.17, 15) is 14.7 Å². The minimum absolute atomic E-state index is 0.150. The molecular formula is C24H26O5. The van der Waals surface area contributed by atoms with Gasteiger partial charge in [0.2, 0.25) is 0 Å². The average molecular weight is 394 g/mol. The highest BCUT2D eigenvalue weighted by Gasteiger charge is 2.47. The fourth-order valence-corrected chi connectivity index (χ4v) is 3.75. The molecule has 3 rings (SSSR count). The van der Waals surface area contributed by atoms with Crippen LogP contribution in [0, 0.1) is 0 Å². The first kappa shape index (κ1) is 20.8. The van der Waals surface area contributed by atoms with Crippen LogP contribution in [0.3, 0.4) is 0 Å². The van der Waals surface area contributed by atoms with Crippen LogP contribution in [0.4, 0.5) is 0 Å². The summed E-state index contributed by atoms with van der Waals surface area (Å²) in [7, 11) is 0. The molecule has 0 saturated carbocycles. The van der Waals surface area contributed by atoms with Crippen LogP contribution in [-0.4, -0.2) is 28.8 Å². The number of carbonyl (C=O) groups is 2. The Balaban J connectivity index is 1.97. The van der Waals surface area contributed by atoms with Crippen molar-refractivity contribution in [3.05, 3.63) is 70.3 Å². The maximum Gasteiger partial charge on any atom is 0.342 e. The minimum atomic E-state index is -1.64. The SMILES string of the molecule is CCOC(=O)C1(O)CCC(C)(C)c2ccc(C=Cc3ccc(C(=O)O)cc3)cc21. The molecule has 5 heteroatoms. The van der Waals surface area contributed by atoms with Crippen molar-refractivity contribution < 1.29 is 24.5 Å². The first-order chi connectivity index (χ1) is 13.7. The topological polar surface area (TPSA) is 83.8 Å². The number of aliphatic hydroxyl groups is 1. The zero-order valence-corrected chi connectivity index (χ0v) is 16.9. The van der Waals surface area contributed by atoms with Gasteiger partial charge in [-0.05, 0) is 65.6 Å². The van der Waals surface area contributed by atoms with Crippen LogP contribution in [0.1, 0.15) is 66.2 Å². The lowest BCUT2D eigenvalue weighted by Gasteiger charge is -2.40. The van der Waals surface area contributed by atoms with Gasteiger partial charge in [-0.3, -0.25) is 0 Å². The van der Waals surface area contributed by atoms with E-state index in [0.717, 1.165) is 16.7 Å². The molecule has 152 valence electrons. The lowest BCUT2D eigenvalue weighted by Crippen LogP contribution is -2.44. The first-order valence-corrected chi connectivity index (χ1v) is 9.73. The van der Waals surface area contributed by atoms with E-state index in [1.165, 1.54) is 0 Å². The Morgan fingerprint density at radius 2 is 1.62 bits per heavy atom. The number of fused-ring (bicyclic) bond motifs is 1. The Morgan fingerprint density at radius 1 is 1.00 bits per heavy atom. The highest BCUT2D eigenvalue weighted by molar-refractivity contribution is 5.88. The van der Waals surface area contributed by atoms with Gasteiger partial charge in [0.15, 0.2) is 5.60 Å². The summed E-state index contributed by atoms with van der Waals surface area (Å²) in [5, 5.41) is 20.2. The molecular weight excluding hydrogens is 368 g/mol. The van der Waals surface area contributed by atoms with Crippen LogP contribution in [0.15, 0.2) is 42.5 Å². The van der Waals surface area contributed by atoms with Gasteiger partial charge in [0.1, 0.15) is 0 Å². The predicted octanol–water partition coefficient (Wildman–Crippen LogP) is 4.38. The number of carboxylic acid groups (broad SMARTS) is 1. The highest BCUT2D eigenvalue weighted by atomic mass is 16.5. The number of carboxylic acids is 1. The molecule has 2 N–H and O–H groups in total. The third-order valence-electron chi connectivity index (χ3n) is 5.57. The van der Waals surface area contributed by atoms with Gasteiger partial charge in [-0.2, -0.15) is 0 Å². The third kappa shape index (κ3) is 4.10. The van der Waals surface area contributed by atoms with Crippen molar-refractivity contribution in [2.75, 3.05) is 6.61 Å². The number of esters is 1. The van der Waals surface area contributed by atoms with E-state index in [2.05, 4.69) is 13.8 Å². The van der Waals surface area contributed by atoms with Crippen molar-refractivity contribution >= 4 is 24.1 Å². The highest BCUT2D eigenvalue weighted by Crippen LogP contribution is 2.45. The molecule has 0 bridgehead atoms. The Bertz CT molecular complexity index is 956. The molecule has 1 atom stereocenters. The Kier molecular flexibility index (Phi) is 5.62. The standard InChI is InChI=1S/C24H26O5/c1-4-29-22(27)24(28)14-13-23(2,3)19-12-9-17(15-20(19)24)6-5-16-7-10-18(11-8-16)21(25)26/h5-12,15,28H,4,13-14H2,1-3H3,(H,25,26). The number of aromatic carboxylic acids is 1. The summed E-state index contributed by atoms with van der Waals surface area (Å²) in [6, 6.07) is 12.3. The van der Waals surface area contributed by atoms with E-state index < -0.39 is 17.5 Å². The monoisotopic (exact) mass is 394 g/mol. The van der Waals surface area contributed by atoms with Crippen LogP contribution in [0.25, 0.3) is 12.2 Å². The molecule has 0 aliphatic heterocycles. The zero-order chi connectivity index (χ0) is 21.2. The van der Waals surface area contributed by atoms with Crippen molar-refractivity contribution in [2.24, 2.45) is 0 Å². The molecule has 2 aromatic rings. The van der Waals surface area contributed by atoms with E-state index in [1.54, 1.807) is 31.2 Å². The van der Waals surface area contributed by atoms with E-state index in [-0.39, 0.29) is 17.6 Å². The lowest BCUT2D eigenvalue weighted by molar-refractivity contribution is -0.168. The maximum absolute atomic E-state index is 12.5. The molecule has 29 heavy (non-hydrogen) atoms. The number of benzene rings is 2. The normalized spacial score (nSPS) is 20.3. The minimum Gasteiger partial charge on any atom is -0.478 e. The second-order valence-corrected chi connectivity index (χ2v) is 8.03. The fourth-order valence-electron chi connectivity index (χ4n) is 3.75. The van der Waals surface area contributed by atoms with Crippen LogP contribution in [-0.2, 0) is 20.5 Å². The molecule has 1 aliphatic carbocycles. The van der Waals surface area contributed by atoms with E-state index >= 15 is 0 Å². The van der Waals surface area contributed by atoms with Crippen LogP contribution in [0.5, 0.6) is 0 Å². The van der Waals surface area contributed by atoms with Crippen LogP contribution < -0.4 is 0 Å². The van der Waals surface area contributed by atoms with Gasteiger partial charge >= 0.3 is 11.9 Å². The Morgan fingerprint density at radius 3 is 2.24 bits per heavy atom. The molecule has 5 nitrogen and oxygen atoms in total. The van der Waals surface area contributed by atoms with Gasteiger partial charge < -0.3 is 14.9 Å². The number of hydrogen-bond acceptors (Lipinski definition) is 4. The van der Waals surface area contributed by atoms with Crippen LogP contribution in [0.2, 0.25) is 0 Å². The molecule has 2 aromatic carbocycles. The number of hydrogen-bond donors (Lipinski definition) is 2. The van der Waals surface area contributed by atoms with E-state index in [0.29, 0.717) is 18.4 Å². The van der Waals surface area contributed by atoms with Crippen molar-refractivity contribution in [2.45, 2.75) is 44.6 Å². The number of carbonyl (C=O) groups excluding carboxylic acids is 1. The van der Waals surface area contributed by atoms with Gasteiger partial charge in [-0.25, -0.2) is 9.59 Å². The molecule has 0 heterocycles. The summed E-state index contributed by atoms with van der Waals surface area (Å²) in [5.41, 5.74) is 1.67. The summed E-state index contributed by atoms with van der Waals surface area (Å²) in [4.78, 5) is 23.5. The molecule has 0 amide bonds. The zero-order valence-electron chi connectivity index (χ0n) is 16.9. The maximum atomic E-state index is 12.5. The Labute approximate surface area is 170 Å². The summed E-state index contributed by atoms with van der Waals surface area (Å²) in [6.45, 7) is 6.15. The smallest absolute Gasteiger partial charge is 0.342 e.